The lowest BCUT2D eigenvalue weighted by Gasteiger charge is -2.11. The zero-order chi connectivity index (χ0) is 14.6. The van der Waals surface area contributed by atoms with Gasteiger partial charge in [-0.15, -0.1) is 0 Å². The topological polar surface area (TPSA) is 76.0 Å². The van der Waals surface area contributed by atoms with Crippen LogP contribution in [0.2, 0.25) is 0 Å². The monoisotopic (exact) mass is 294 g/mol. The predicted molar refractivity (Wildman–Crippen MR) is 78.5 cm³/mol. The highest BCUT2D eigenvalue weighted by atomic mass is 32.2. The molecule has 6 nitrogen and oxygen atoms in total. The lowest BCUT2D eigenvalue weighted by Crippen LogP contribution is -2.23. The molecule has 7 heteroatoms. The van der Waals surface area contributed by atoms with Crippen LogP contribution in [0.5, 0.6) is 0 Å². The van der Waals surface area contributed by atoms with Gasteiger partial charge in [-0.25, -0.2) is 13.1 Å². The highest BCUT2D eigenvalue weighted by Gasteiger charge is 2.17. The standard InChI is InChI=1S/C13H18N4O2S/c1-3-15-20(18,19)13-8-6-5-7-12(13)16-11-9-14-17(4-2)10-11/h5-10,15-16H,3-4H2,1-2H3. The van der Waals surface area contributed by atoms with Crippen LogP contribution in [-0.4, -0.2) is 24.7 Å². The molecule has 0 amide bonds. The molecule has 1 aromatic carbocycles. The van der Waals surface area contributed by atoms with Gasteiger partial charge in [0.15, 0.2) is 0 Å². The largest absolute Gasteiger partial charge is 0.352 e. The molecule has 1 heterocycles. The quantitative estimate of drug-likeness (QED) is 0.853. The van der Waals surface area contributed by atoms with Crippen LogP contribution in [0.15, 0.2) is 41.6 Å². The summed E-state index contributed by atoms with van der Waals surface area (Å²) in [6, 6.07) is 6.79. The summed E-state index contributed by atoms with van der Waals surface area (Å²) in [5, 5.41) is 7.24. The van der Waals surface area contributed by atoms with Gasteiger partial charge in [-0.1, -0.05) is 19.1 Å². The molecular formula is C13H18N4O2S. The van der Waals surface area contributed by atoms with E-state index < -0.39 is 10.0 Å². The van der Waals surface area contributed by atoms with Crippen LogP contribution in [-0.2, 0) is 16.6 Å². The molecule has 0 aliphatic heterocycles. The molecule has 0 aliphatic rings. The van der Waals surface area contributed by atoms with Gasteiger partial charge >= 0.3 is 0 Å². The van der Waals surface area contributed by atoms with Gasteiger partial charge < -0.3 is 5.32 Å². The van der Waals surface area contributed by atoms with E-state index in [-0.39, 0.29) is 4.90 Å². The van der Waals surface area contributed by atoms with Crippen molar-refractivity contribution < 1.29 is 8.42 Å². The Morgan fingerprint density at radius 3 is 2.65 bits per heavy atom. The second-order valence-corrected chi connectivity index (χ2v) is 5.94. The van der Waals surface area contributed by atoms with E-state index >= 15 is 0 Å². The third kappa shape index (κ3) is 3.17. The van der Waals surface area contributed by atoms with Gasteiger partial charge in [0.2, 0.25) is 10.0 Å². The molecular weight excluding hydrogens is 276 g/mol. The number of nitrogens with one attached hydrogen (secondary N) is 2. The minimum atomic E-state index is -3.50. The van der Waals surface area contributed by atoms with Gasteiger partial charge in [0.25, 0.3) is 0 Å². The fraction of sp³-hybridized carbons (Fsp3) is 0.308. The van der Waals surface area contributed by atoms with E-state index in [1.54, 1.807) is 42.1 Å². The van der Waals surface area contributed by atoms with Crippen molar-refractivity contribution in [1.29, 1.82) is 0 Å². The summed E-state index contributed by atoms with van der Waals surface area (Å²) in [7, 11) is -3.50. The van der Waals surface area contributed by atoms with Gasteiger partial charge in [-0.3, -0.25) is 4.68 Å². The van der Waals surface area contributed by atoms with Crippen molar-refractivity contribution in [3.63, 3.8) is 0 Å². The Kier molecular flexibility index (Phi) is 4.41. The summed E-state index contributed by atoms with van der Waals surface area (Å²) >= 11 is 0. The van der Waals surface area contributed by atoms with Gasteiger partial charge in [-0.2, -0.15) is 5.10 Å². The van der Waals surface area contributed by atoms with Crippen LogP contribution < -0.4 is 10.0 Å². The second kappa shape index (κ2) is 6.06. The van der Waals surface area contributed by atoms with E-state index in [2.05, 4.69) is 15.1 Å². The number of para-hydroxylation sites is 1. The lowest BCUT2D eigenvalue weighted by molar-refractivity contribution is 0.584. The number of rotatable bonds is 6. The van der Waals surface area contributed by atoms with Gasteiger partial charge in [0, 0.05) is 19.3 Å². The first-order valence-corrected chi connectivity index (χ1v) is 7.93. The summed E-state index contributed by atoms with van der Waals surface area (Å²) in [5.74, 6) is 0. The minimum absolute atomic E-state index is 0.228. The third-order valence-electron chi connectivity index (χ3n) is 2.75. The van der Waals surface area contributed by atoms with Crippen LogP contribution in [0.3, 0.4) is 0 Å². The van der Waals surface area contributed by atoms with E-state index in [1.807, 2.05) is 13.1 Å². The van der Waals surface area contributed by atoms with Gasteiger partial charge in [-0.05, 0) is 19.1 Å². The van der Waals surface area contributed by atoms with E-state index in [0.29, 0.717) is 12.2 Å². The Labute approximate surface area is 118 Å². The molecule has 108 valence electrons. The zero-order valence-electron chi connectivity index (χ0n) is 11.5. The first-order valence-electron chi connectivity index (χ1n) is 6.45. The van der Waals surface area contributed by atoms with E-state index in [1.165, 1.54) is 0 Å². The lowest BCUT2D eigenvalue weighted by atomic mass is 10.3. The number of benzene rings is 1. The molecule has 0 saturated carbocycles. The second-order valence-electron chi connectivity index (χ2n) is 4.21. The summed E-state index contributed by atoms with van der Waals surface area (Å²) in [4.78, 5) is 0.228. The first-order chi connectivity index (χ1) is 9.56. The van der Waals surface area contributed by atoms with Crippen molar-refractivity contribution in [1.82, 2.24) is 14.5 Å². The Balaban J connectivity index is 2.33. The molecule has 0 saturated heterocycles. The average Bonchev–Trinajstić information content (AvgIpc) is 2.87. The smallest absolute Gasteiger partial charge is 0.242 e. The van der Waals surface area contributed by atoms with Crippen molar-refractivity contribution in [2.24, 2.45) is 0 Å². The maximum atomic E-state index is 12.1. The summed E-state index contributed by atoms with van der Waals surface area (Å²) in [5.41, 5.74) is 1.29. The molecule has 0 unspecified atom stereocenters. The molecule has 0 spiro atoms. The van der Waals surface area contributed by atoms with Crippen molar-refractivity contribution >= 4 is 21.4 Å². The average molecular weight is 294 g/mol. The van der Waals surface area contributed by atoms with Crippen molar-refractivity contribution in [3.8, 4) is 0 Å². The number of hydrogen-bond acceptors (Lipinski definition) is 4. The Bertz CT molecular complexity index is 679. The number of sulfonamides is 1. The Morgan fingerprint density at radius 1 is 1.25 bits per heavy atom. The highest BCUT2D eigenvalue weighted by Crippen LogP contribution is 2.24. The molecule has 0 aliphatic carbocycles. The molecule has 0 atom stereocenters. The number of aryl methyl sites for hydroxylation is 1. The van der Waals surface area contributed by atoms with Gasteiger partial charge in [0.05, 0.1) is 17.6 Å². The first kappa shape index (κ1) is 14.5. The van der Waals surface area contributed by atoms with Crippen molar-refractivity contribution in [2.45, 2.75) is 25.3 Å². The fourth-order valence-corrected chi connectivity index (χ4v) is 3.03. The highest BCUT2D eigenvalue weighted by molar-refractivity contribution is 7.89. The SMILES string of the molecule is CCNS(=O)(=O)c1ccccc1Nc1cnn(CC)c1. The summed E-state index contributed by atoms with van der Waals surface area (Å²) in [6.07, 6.45) is 3.50. The summed E-state index contributed by atoms with van der Waals surface area (Å²) < 4.78 is 28.5. The maximum Gasteiger partial charge on any atom is 0.242 e. The Morgan fingerprint density at radius 2 is 2.00 bits per heavy atom. The van der Waals surface area contributed by atoms with Crippen LogP contribution in [0.4, 0.5) is 11.4 Å². The third-order valence-corrected chi connectivity index (χ3v) is 4.35. The number of anilines is 2. The predicted octanol–water partition coefficient (Wildman–Crippen LogP) is 1.94. The molecule has 20 heavy (non-hydrogen) atoms. The van der Waals surface area contributed by atoms with Crippen molar-refractivity contribution in [2.75, 3.05) is 11.9 Å². The minimum Gasteiger partial charge on any atom is -0.352 e. The van der Waals surface area contributed by atoms with Crippen LogP contribution in [0.25, 0.3) is 0 Å². The molecule has 0 radical (unpaired) electrons. The molecule has 2 rings (SSSR count). The van der Waals surface area contributed by atoms with E-state index in [0.717, 1.165) is 12.2 Å². The number of nitrogens with zero attached hydrogens (tertiary/aromatic N) is 2. The zero-order valence-corrected chi connectivity index (χ0v) is 12.3. The number of aromatic nitrogens is 2. The van der Waals surface area contributed by atoms with E-state index in [9.17, 15) is 8.42 Å². The van der Waals surface area contributed by atoms with Gasteiger partial charge in [0.1, 0.15) is 4.90 Å². The molecule has 0 fully saturated rings. The molecule has 1 aromatic heterocycles. The fourth-order valence-electron chi connectivity index (χ4n) is 1.83. The summed E-state index contributed by atoms with van der Waals surface area (Å²) in [6.45, 7) is 4.85. The van der Waals surface area contributed by atoms with Crippen LogP contribution in [0, 0.1) is 0 Å². The molecule has 0 bridgehead atoms. The number of hydrogen-bond donors (Lipinski definition) is 2. The molecule has 2 aromatic rings. The maximum absolute atomic E-state index is 12.1. The van der Waals surface area contributed by atoms with E-state index in [4.69, 9.17) is 0 Å². The normalized spacial score (nSPS) is 11.5. The molecule has 2 N–H and O–H groups in total. The Hall–Kier alpha value is -1.86. The van der Waals surface area contributed by atoms with Crippen molar-refractivity contribution in [3.05, 3.63) is 36.7 Å². The van der Waals surface area contributed by atoms with Crippen LogP contribution in [0.1, 0.15) is 13.8 Å². The van der Waals surface area contributed by atoms with Crippen LogP contribution >= 0.6 is 0 Å².